The maximum atomic E-state index is 11.5. The van der Waals surface area contributed by atoms with Crippen molar-refractivity contribution < 1.29 is 19.4 Å². The first-order valence-corrected chi connectivity index (χ1v) is 6.49. The molecule has 106 valence electrons. The molecule has 0 radical (unpaired) electrons. The molecule has 1 fully saturated rings. The van der Waals surface area contributed by atoms with Gasteiger partial charge in [0.1, 0.15) is 0 Å². The number of hydrogen-bond acceptors (Lipinski definition) is 5. The number of hydrogen-bond donors (Lipinski definition) is 2. The number of amides is 1. The molecule has 0 spiro atoms. The summed E-state index contributed by atoms with van der Waals surface area (Å²) in [7, 11) is 1.57. The van der Waals surface area contributed by atoms with Crippen molar-refractivity contribution in [1.82, 2.24) is 10.2 Å². The van der Waals surface area contributed by atoms with Crippen molar-refractivity contribution in [3.05, 3.63) is 0 Å². The summed E-state index contributed by atoms with van der Waals surface area (Å²) in [5, 5.41) is 12.8. The van der Waals surface area contributed by atoms with Crippen LogP contribution in [0.25, 0.3) is 0 Å². The molecule has 1 unspecified atom stereocenters. The molecule has 1 heterocycles. The van der Waals surface area contributed by atoms with E-state index in [-0.39, 0.29) is 6.09 Å². The molecule has 0 aromatic heterocycles. The van der Waals surface area contributed by atoms with Crippen molar-refractivity contribution in [2.24, 2.45) is 0 Å². The molecule has 1 saturated heterocycles. The van der Waals surface area contributed by atoms with Crippen LogP contribution in [0.2, 0.25) is 0 Å². The first-order chi connectivity index (χ1) is 8.67. The van der Waals surface area contributed by atoms with Crippen molar-refractivity contribution in [2.75, 3.05) is 40.0 Å². The Labute approximate surface area is 108 Å². The number of carbonyl (C=O) groups is 1. The third-order valence-electron chi connectivity index (χ3n) is 3.02. The van der Waals surface area contributed by atoms with E-state index in [0.29, 0.717) is 38.9 Å². The third-order valence-corrected chi connectivity index (χ3v) is 3.02. The number of likely N-dealkylation sites (tertiary alicyclic amines) is 1. The summed E-state index contributed by atoms with van der Waals surface area (Å²) in [6, 6.07) is 0.349. The zero-order valence-electron chi connectivity index (χ0n) is 11.2. The highest BCUT2D eigenvalue weighted by molar-refractivity contribution is 5.67. The molecule has 0 aromatic carbocycles. The molecule has 6 heteroatoms. The first-order valence-electron chi connectivity index (χ1n) is 6.49. The molecule has 1 aliphatic rings. The highest BCUT2D eigenvalue weighted by Crippen LogP contribution is 2.11. The van der Waals surface area contributed by atoms with Crippen LogP contribution in [0.1, 0.15) is 19.8 Å². The smallest absolute Gasteiger partial charge is 0.409 e. The van der Waals surface area contributed by atoms with Gasteiger partial charge < -0.3 is 24.8 Å². The van der Waals surface area contributed by atoms with Crippen molar-refractivity contribution in [3.63, 3.8) is 0 Å². The van der Waals surface area contributed by atoms with Gasteiger partial charge in [-0.2, -0.15) is 0 Å². The number of aliphatic hydroxyl groups excluding tert-OH is 1. The van der Waals surface area contributed by atoms with Gasteiger partial charge in [-0.05, 0) is 19.8 Å². The number of ether oxygens (including phenoxy) is 2. The van der Waals surface area contributed by atoms with Gasteiger partial charge in [0, 0.05) is 32.8 Å². The molecule has 0 bridgehead atoms. The van der Waals surface area contributed by atoms with Crippen LogP contribution in [-0.2, 0) is 9.47 Å². The fraction of sp³-hybridized carbons (Fsp3) is 0.917. The van der Waals surface area contributed by atoms with E-state index in [4.69, 9.17) is 9.47 Å². The lowest BCUT2D eigenvalue weighted by Crippen LogP contribution is -2.47. The van der Waals surface area contributed by atoms with Crippen molar-refractivity contribution >= 4 is 6.09 Å². The van der Waals surface area contributed by atoms with E-state index in [1.165, 1.54) is 0 Å². The largest absolute Gasteiger partial charge is 0.450 e. The quantitative estimate of drug-likeness (QED) is 0.714. The minimum Gasteiger partial charge on any atom is -0.450 e. The number of nitrogens with one attached hydrogen (secondary N) is 1. The van der Waals surface area contributed by atoms with Crippen molar-refractivity contribution in [1.29, 1.82) is 0 Å². The topological polar surface area (TPSA) is 71.0 Å². The van der Waals surface area contributed by atoms with Gasteiger partial charge >= 0.3 is 6.09 Å². The van der Waals surface area contributed by atoms with E-state index in [2.05, 4.69) is 5.32 Å². The van der Waals surface area contributed by atoms with E-state index in [9.17, 15) is 9.90 Å². The zero-order chi connectivity index (χ0) is 13.4. The van der Waals surface area contributed by atoms with Crippen LogP contribution in [-0.4, -0.2) is 68.2 Å². The van der Waals surface area contributed by atoms with Crippen molar-refractivity contribution in [3.8, 4) is 0 Å². The molecule has 18 heavy (non-hydrogen) atoms. The minimum atomic E-state index is -0.474. The Morgan fingerprint density at radius 3 is 2.72 bits per heavy atom. The van der Waals surface area contributed by atoms with E-state index < -0.39 is 6.10 Å². The normalized spacial score (nSPS) is 18.7. The lowest BCUT2D eigenvalue weighted by Gasteiger charge is -2.32. The molecule has 0 aromatic rings. The Morgan fingerprint density at radius 1 is 1.50 bits per heavy atom. The molecule has 0 aliphatic carbocycles. The molecule has 1 aliphatic heterocycles. The van der Waals surface area contributed by atoms with Gasteiger partial charge in [0.25, 0.3) is 0 Å². The summed E-state index contributed by atoms with van der Waals surface area (Å²) in [5.74, 6) is 0. The summed E-state index contributed by atoms with van der Waals surface area (Å²) >= 11 is 0. The molecule has 2 N–H and O–H groups in total. The second-order valence-corrected chi connectivity index (χ2v) is 4.48. The van der Waals surface area contributed by atoms with Gasteiger partial charge in [0.15, 0.2) is 0 Å². The average molecular weight is 260 g/mol. The second kappa shape index (κ2) is 8.29. The zero-order valence-corrected chi connectivity index (χ0v) is 11.2. The Morgan fingerprint density at radius 2 is 2.17 bits per heavy atom. The molecule has 1 atom stereocenters. The lowest BCUT2D eigenvalue weighted by atomic mass is 10.1. The second-order valence-electron chi connectivity index (χ2n) is 4.48. The highest BCUT2D eigenvalue weighted by atomic mass is 16.6. The maximum Gasteiger partial charge on any atom is 0.409 e. The standard InChI is InChI=1S/C12H24N2O4/c1-3-18-12(16)14-6-4-10(5-7-14)13-8-11(15)9-17-2/h10-11,13,15H,3-9H2,1-2H3. The monoisotopic (exact) mass is 260 g/mol. The van der Waals surface area contributed by atoms with Gasteiger partial charge in [-0.1, -0.05) is 0 Å². The molecule has 1 rings (SSSR count). The highest BCUT2D eigenvalue weighted by Gasteiger charge is 2.23. The molecular formula is C12H24N2O4. The predicted octanol–water partition coefficient (Wildman–Crippen LogP) is 0.204. The van der Waals surface area contributed by atoms with E-state index in [0.717, 1.165) is 12.8 Å². The number of rotatable bonds is 6. The van der Waals surface area contributed by atoms with Gasteiger partial charge in [0.05, 0.1) is 19.3 Å². The number of carbonyl (C=O) groups excluding carboxylic acids is 1. The predicted molar refractivity (Wildman–Crippen MR) is 67.5 cm³/mol. The summed E-state index contributed by atoms with van der Waals surface area (Å²) in [6.07, 6.45) is 1.07. The van der Waals surface area contributed by atoms with Crippen LogP contribution in [0.15, 0.2) is 0 Å². The van der Waals surface area contributed by atoms with E-state index in [1.54, 1.807) is 12.0 Å². The van der Waals surface area contributed by atoms with Gasteiger partial charge in [-0.25, -0.2) is 4.79 Å². The summed E-state index contributed by atoms with van der Waals surface area (Å²) in [4.78, 5) is 13.2. The van der Waals surface area contributed by atoms with Crippen LogP contribution >= 0.6 is 0 Å². The molecule has 0 saturated carbocycles. The van der Waals surface area contributed by atoms with Crippen LogP contribution in [0.3, 0.4) is 0 Å². The Bertz CT molecular complexity index is 242. The number of piperidine rings is 1. The Kier molecular flexibility index (Phi) is 7.00. The van der Waals surface area contributed by atoms with Crippen LogP contribution in [0, 0.1) is 0 Å². The van der Waals surface area contributed by atoms with Crippen LogP contribution < -0.4 is 5.32 Å². The van der Waals surface area contributed by atoms with Crippen LogP contribution in [0.5, 0.6) is 0 Å². The number of methoxy groups -OCH3 is 1. The minimum absolute atomic E-state index is 0.227. The summed E-state index contributed by atoms with van der Waals surface area (Å²) in [6.45, 7) is 4.50. The first kappa shape index (κ1) is 15.2. The van der Waals surface area contributed by atoms with E-state index >= 15 is 0 Å². The van der Waals surface area contributed by atoms with E-state index in [1.807, 2.05) is 6.92 Å². The van der Waals surface area contributed by atoms with Gasteiger partial charge in [-0.3, -0.25) is 0 Å². The van der Waals surface area contributed by atoms with Crippen molar-refractivity contribution in [2.45, 2.75) is 31.9 Å². The summed E-state index contributed by atoms with van der Waals surface area (Å²) in [5.41, 5.74) is 0. The van der Waals surface area contributed by atoms with Gasteiger partial charge in [0.2, 0.25) is 0 Å². The third kappa shape index (κ3) is 5.20. The SMILES string of the molecule is CCOC(=O)N1CCC(NCC(O)COC)CC1. The summed E-state index contributed by atoms with van der Waals surface area (Å²) < 4.78 is 9.82. The number of aliphatic hydroxyl groups is 1. The average Bonchev–Trinajstić information content (AvgIpc) is 2.37. The Hall–Kier alpha value is -0.850. The fourth-order valence-corrected chi connectivity index (χ4v) is 2.03. The van der Waals surface area contributed by atoms with Gasteiger partial charge in [-0.15, -0.1) is 0 Å². The molecular weight excluding hydrogens is 236 g/mol. The number of nitrogens with zero attached hydrogens (tertiary/aromatic N) is 1. The van der Waals surface area contributed by atoms with Crippen LogP contribution in [0.4, 0.5) is 4.79 Å². The maximum absolute atomic E-state index is 11.5. The Balaban J connectivity index is 2.17. The molecule has 1 amide bonds. The molecule has 6 nitrogen and oxygen atoms in total. The fourth-order valence-electron chi connectivity index (χ4n) is 2.03. The lowest BCUT2D eigenvalue weighted by molar-refractivity contribution is 0.0590.